The van der Waals surface area contributed by atoms with E-state index in [0.717, 1.165) is 15.4 Å². The molecule has 0 aliphatic rings. The summed E-state index contributed by atoms with van der Waals surface area (Å²) in [4.78, 5) is 18.0. The van der Waals surface area contributed by atoms with Crippen LogP contribution in [0.25, 0.3) is 10.9 Å². The Bertz CT molecular complexity index is 1250. The number of halogens is 2. The fourth-order valence-electron chi connectivity index (χ4n) is 2.94. The van der Waals surface area contributed by atoms with Gasteiger partial charge in [0, 0.05) is 20.4 Å². The molecular weight excluding hydrogens is 526 g/mol. The zero-order chi connectivity index (χ0) is 22.5. The molecule has 0 saturated heterocycles. The molecule has 0 aliphatic carbocycles. The van der Waals surface area contributed by atoms with Crippen molar-refractivity contribution in [1.29, 1.82) is 0 Å². The van der Waals surface area contributed by atoms with Gasteiger partial charge in [-0.1, -0.05) is 35.7 Å². The maximum Gasteiger partial charge on any atom is 0.282 e. The molecule has 1 heterocycles. The van der Waals surface area contributed by atoms with Crippen LogP contribution in [-0.2, 0) is 0 Å². The summed E-state index contributed by atoms with van der Waals surface area (Å²) in [5.74, 6) is 4.11. The number of terminal acetylenes is 1. The van der Waals surface area contributed by atoms with Gasteiger partial charge in [-0.25, -0.2) is 4.98 Å². The van der Waals surface area contributed by atoms with Crippen molar-refractivity contribution in [2.45, 2.75) is 26.2 Å². The number of hydrogen-bond acceptors (Lipinski definition) is 5. The highest BCUT2D eigenvalue weighted by Crippen LogP contribution is 2.33. The molecule has 160 valence electrons. The Morgan fingerprint density at radius 3 is 2.74 bits per heavy atom. The van der Waals surface area contributed by atoms with Crippen LogP contribution in [0.4, 0.5) is 0 Å². The Labute approximate surface area is 197 Å². The van der Waals surface area contributed by atoms with E-state index in [1.54, 1.807) is 31.5 Å². The first kappa shape index (κ1) is 23.0. The van der Waals surface area contributed by atoms with E-state index in [2.05, 4.69) is 42.9 Å². The smallest absolute Gasteiger partial charge is 0.282 e. The summed E-state index contributed by atoms with van der Waals surface area (Å²) in [5.41, 5.74) is 1.13. The van der Waals surface area contributed by atoms with Gasteiger partial charge in [-0.3, -0.25) is 4.79 Å². The summed E-state index contributed by atoms with van der Waals surface area (Å²) in [6.45, 7) is 4.20. The lowest BCUT2D eigenvalue weighted by molar-refractivity contribution is 0.330. The Balaban J connectivity index is 2.13. The Hall–Kier alpha value is -2.63. The van der Waals surface area contributed by atoms with Crippen molar-refractivity contribution >= 4 is 49.0 Å². The number of ether oxygens (including phenoxy) is 2. The third-order valence-electron chi connectivity index (χ3n) is 4.79. The van der Waals surface area contributed by atoms with Gasteiger partial charge in [-0.15, -0.1) is 6.42 Å². The molecule has 0 unspecified atom stereocenters. The SMILES string of the molecule is C#CCOc1cc(Br)c(C=Nn2c([C@@H](C)CC)nc3ccc(Br)cc3c2=O)cc1OC. The van der Waals surface area contributed by atoms with E-state index in [1.807, 2.05) is 26.0 Å². The highest BCUT2D eigenvalue weighted by molar-refractivity contribution is 9.10. The largest absolute Gasteiger partial charge is 0.493 e. The van der Waals surface area contributed by atoms with Gasteiger partial charge in [-0.05, 0) is 52.7 Å². The summed E-state index contributed by atoms with van der Waals surface area (Å²) in [7, 11) is 1.55. The average molecular weight is 547 g/mol. The van der Waals surface area contributed by atoms with Gasteiger partial charge in [0.05, 0.1) is 24.2 Å². The number of nitrogens with zero attached hydrogens (tertiary/aromatic N) is 3. The van der Waals surface area contributed by atoms with Gasteiger partial charge in [0.25, 0.3) is 5.56 Å². The first-order valence-corrected chi connectivity index (χ1v) is 11.2. The van der Waals surface area contributed by atoms with Gasteiger partial charge < -0.3 is 9.47 Å². The molecule has 1 atom stereocenters. The molecule has 0 radical (unpaired) electrons. The van der Waals surface area contributed by atoms with E-state index in [4.69, 9.17) is 20.9 Å². The van der Waals surface area contributed by atoms with Crippen LogP contribution in [0.5, 0.6) is 11.5 Å². The van der Waals surface area contributed by atoms with Crippen molar-refractivity contribution < 1.29 is 9.47 Å². The van der Waals surface area contributed by atoms with Crippen molar-refractivity contribution in [2.24, 2.45) is 5.10 Å². The third-order valence-corrected chi connectivity index (χ3v) is 5.97. The van der Waals surface area contributed by atoms with E-state index in [9.17, 15) is 4.79 Å². The fourth-order valence-corrected chi connectivity index (χ4v) is 3.73. The van der Waals surface area contributed by atoms with Gasteiger partial charge in [0.1, 0.15) is 12.4 Å². The van der Waals surface area contributed by atoms with Crippen LogP contribution in [0, 0.1) is 12.3 Å². The third kappa shape index (κ3) is 5.00. The molecule has 0 fully saturated rings. The second-order valence-electron chi connectivity index (χ2n) is 6.82. The quantitative estimate of drug-likeness (QED) is 0.296. The average Bonchev–Trinajstić information content (AvgIpc) is 2.77. The number of fused-ring (bicyclic) bond motifs is 1. The molecule has 8 heteroatoms. The van der Waals surface area contributed by atoms with Crippen LogP contribution < -0.4 is 15.0 Å². The summed E-state index contributed by atoms with van der Waals surface area (Å²) < 4.78 is 13.8. The second-order valence-corrected chi connectivity index (χ2v) is 8.59. The minimum atomic E-state index is -0.227. The topological polar surface area (TPSA) is 65.7 Å². The maximum atomic E-state index is 13.2. The molecule has 0 saturated carbocycles. The number of methoxy groups -OCH3 is 1. The first-order valence-electron chi connectivity index (χ1n) is 9.59. The molecule has 1 aromatic heterocycles. The first-order chi connectivity index (χ1) is 14.9. The van der Waals surface area contributed by atoms with E-state index >= 15 is 0 Å². The molecule has 0 N–H and O–H groups in total. The summed E-state index contributed by atoms with van der Waals surface area (Å²) >= 11 is 6.94. The normalized spacial score (nSPS) is 12.1. The van der Waals surface area contributed by atoms with E-state index in [0.29, 0.717) is 33.8 Å². The van der Waals surface area contributed by atoms with Crippen LogP contribution in [0.1, 0.15) is 37.6 Å². The van der Waals surface area contributed by atoms with Gasteiger partial charge >= 0.3 is 0 Å². The van der Waals surface area contributed by atoms with Crippen molar-refractivity contribution in [3.63, 3.8) is 0 Å². The monoisotopic (exact) mass is 545 g/mol. The predicted octanol–water partition coefficient (Wildman–Crippen LogP) is 5.34. The molecule has 2 aromatic carbocycles. The number of benzene rings is 2. The second kappa shape index (κ2) is 10.1. The molecule has 0 aliphatic heterocycles. The highest BCUT2D eigenvalue weighted by atomic mass is 79.9. The van der Waals surface area contributed by atoms with Crippen molar-refractivity contribution in [2.75, 3.05) is 13.7 Å². The lowest BCUT2D eigenvalue weighted by atomic mass is 10.1. The highest BCUT2D eigenvalue weighted by Gasteiger charge is 2.16. The lowest BCUT2D eigenvalue weighted by Gasteiger charge is -2.14. The van der Waals surface area contributed by atoms with Crippen LogP contribution in [0.3, 0.4) is 0 Å². The zero-order valence-electron chi connectivity index (χ0n) is 17.4. The summed E-state index contributed by atoms with van der Waals surface area (Å²) in [6, 6.07) is 8.98. The molecule has 0 spiro atoms. The van der Waals surface area contributed by atoms with Crippen LogP contribution in [0.2, 0.25) is 0 Å². The van der Waals surface area contributed by atoms with Crippen LogP contribution >= 0.6 is 31.9 Å². The van der Waals surface area contributed by atoms with Gasteiger partial charge in [0.15, 0.2) is 11.5 Å². The number of aromatic nitrogens is 2. The number of rotatable bonds is 7. The molecular formula is C23H21Br2N3O3. The predicted molar refractivity (Wildman–Crippen MR) is 130 cm³/mol. The minimum Gasteiger partial charge on any atom is -0.493 e. The van der Waals surface area contributed by atoms with Gasteiger partial charge in [-0.2, -0.15) is 9.78 Å². The fraction of sp³-hybridized carbons (Fsp3) is 0.261. The van der Waals surface area contributed by atoms with E-state index < -0.39 is 0 Å². The molecule has 0 amide bonds. The molecule has 31 heavy (non-hydrogen) atoms. The molecule has 3 rings (SSSR count). The van der Waals surface area contributed by atoms with Crippen LogP contribution in [0.15, 0.2) is 49.2 Å². The summed E-state index contributed by atoms with van der Waals surface area (Å²) in [6.07, 6.45) is 7.69. The van der Waals surface area contributed by atoms with E-state index in [-0.39, 0.29) is 18.1 Å². The zero-order valence-corrected chi connectivity index (χ0v) is 20.5. The van der Waals surface area contributed by atoms with Crippen molar-refractivity contribution in [3.05, 3.63) is 61.0 Å². The van der Waals surface area contributed by atoms with E-state index in [1.165, 1.54) is 4.68 Å². The molecule has 0 bridgehead atoms. The molecule has 3 aromatic rings. The van der Waals surface area contributed by atoms with Crippen molar-refractivity contribution in [3.8, 4) is 23.8 Å². The lowest BCUT2D eigenvalue weighted by Crippen LogP contribution is -2.23. The Morgan fingerprint density at radius 1 is 1.29 bits per heavy atom. The van der Waals surface area contributed by atoms with Crippen LogP contribution in [-0.4, -0.2) is 29.6 Å². The number of hydrogen-bond donors (Lipinski definition) is 0. The van der Waals surface area contributed by atoms with Crippen molar-refractivity contribution in [1.82, 2.24) is 9.66 Å². The molecule has 6 nitrogen and oxygen atoms in total. The Morgan fingerprint density at radius 2 is 2.06 bits per heavy atom. The maximum absolute atomic E-state index is 13.2. The van der Waals surface area contributed by atoms with Gasteiger partial charge in [0.2, 0.25) is 0 Å². The minimum absolute atomic E-state index is 0.0513. The standard InChI is InChI=1S/C23H21Br2N3O3/c1-5-9-31-21-12-18(25)15(10-20(21)30-4)13-26-28-22(14(3)6-2)27-19-8-7-16(24)11-17(19)23(28)29/h1,7-8,10-14H,6,9H2,2-4H3/t14-/m0/s1. The Kier molecular flexibility index (Phi) is 7.52. The summed E-state index contributed by atoms with van der Waals surface area (Å²) in [5, 5.41) is 4.99.